The number of methoxy groups -OCH3 is 1. The van der Waals surface area contributed by atoms with E-state index in [4.69, 9.17) is 31.1 Å². The summed E-state index contributed by atoms with van der Waals surface area (Å²) in [4.78, 5) is 2.36. The van der Waals surface area contributed by atoms with E-state index in [0.717, 1.165) is 17.7 Å². The summed E-state index contributed by atoms with van der Waals surface area (Å²) in [5.74, 6) is 1.09. The SMILES string of the molecule is COc1ccc(CC(C)(C)NC[C@@H](O)COc2cccc(S(=O)(=O)NN3CCOC(C#N)C3Cl)c2)cc1.Cl. The molecular weight excluding hydrogens is 555 g/mol. The number of hydrazine groups is 1. The van der Waals surface area contributed by atoms with Gasteiger partial charge < -0.3 is 24.6 Å². The van der Waals surface area contributed by atoms with Gasteiger partial charge in [0.05, 0.1) is 24.7 Å². The van der Waals surface area contributed by atoms with E-state index in [0.29, 0.717) is 5.75 Å². The first kappa shape index (κ1) is 32.1. The molecule has 0 spiro atoms. The number of halogens is 2. The minimum absolute atomic E-state index is 0. The van der Waals surface area contributed by atoms with Crippen molar-refractivity contribution in [2.45, 2.75) is 48.4 Å². The maximum Gasteiger partial charge on any atom is 0.253 e. The number of nitrogens with zero attached hydrogens (tertiary/aromatic N) is 2. The number of hydrogen-bond acceptors (Lipinski definition) is 9. The van der Waals surface area contributed by atoms with Crippen molar-refractivity contribution in [1.29, 1.82) is 5.26 Å². The first-order valence-electron chi connectivity index (χ1n) is 11.8. The smallest absolute Gasteiger partial charge is 0.253 e. The highest BCUT2D eigenvalue weighted by Gasteiger charge is 2.33. The van der Waals surface area contributed by atoms with Gasteiger partial charge in [-0.1, -0.05) is 18.2 Å². The number of hydrogen-bond donors (Lipinski definition) is 3. The summed E-state index contributed by atoms with van der Waals surface area (Å²) in [7, 11) is -2.36. The fourth-order valence-corrected chi connectivity index (χ4v) is 5.22. The number of morpholine rings is 1. The van der Waals surface area contributed by atoms with E-state index < -0.39 is 27.7 Å². The fourth-order valence-electron chi connectivity index (χ4n) is 3.74. The molecular formula is C25H34Cl2N4O6S. The van der Waals surface area contributed by atoms with E-state index >= 15 is 0 Å². The van der Waals surface area contributed by atoms with Crippen molar-refractivity contribution in [3.63, 3.8) is 0 Å². The zero-order valence-electron chi connectivity index (χ0n) is 21.5. The number of rotatable bonds is 12. The van der Waals surface area contributed by atoms with Gasteiger partial charge in [0, 0.05) is 24.7 Å². The molecule has 210 valence electrons. The van der Waals surface area contributed by atoms with Gasteiger partial charge in [-0.15, -0.1) is 28.8 Å². The lowest BCUT2D eigenvalue weighted by Crippen LogP contribution is -2.55. The summed E-state index contributed by atoms with van der Waals surface area (Å²) in [5, 5.41) is 24.1. The number of alkyl halides is 1. The van der Waals surface area contributed by atoms with Crippen LogP contribution in [0.3, 0.4) is 0 Å². The van der Waals surface area contributed by atoms with Gasteiger partial charge >= 0.3 is 0 Å². The number of ether oxygens (including phenoxy) is 3. The van der Waals surface area contributed by atoms with Gasteiger partial charge in [0.15, 0.2) is 6.10 Å². The van der Waals surface area contributed by atoms with Gasteiger partial charge in [0.1, 0.15) is 29.7 Å². The third-order valence-corrected chi connectivity index (χ3v) is 7.54. The highest BCUT2D eigenvalue weighted by Crippen LogP contribution is 2.21. The van der Waals surface area contributed by atoms with Crippen molar-refractivity contribution in [2.75, 3.05) is 33.4 Å². The monoisotopic (exact) mass is 588 g/mol. The predicted octanol–water partition coefficient (Wildman–Crippen LogP) is 2.45. The standard InChI is InChI=1S/C25H33ClN4O6S.ClH/c1-25(2,14-18-7-9-20(34-3)10-8-18)28-16-19(31)17-36-21-5-4-6-22(13-21)37(32,33)29-30-11-12-35-23(15-27)24(30)26;/h4-10,13,19,23-24,28-29,31H,11-12,14,16-17H2,1-3H3;1H/t19-,23?,24?;/m1./s1. The van der Waals surface area contributed by atoms with Gasteiger partial charge in [-0.3, -0.25) is 0 Å². The second kappa shape index (κ2) is 14.3. The van der Waals surface area contributed by atoms with Crippen LogP contribution < -0.4 is 19.6 Å². The molecule has 0 saturated carbocycles. The molecule has 0 aromatic heterocycles. The molecule has 2 aromatic rings. The maximum atomic E-state index is 12.9. The number of aliphatic hydroxyl groups excluding tert-OH is 1. The normalized spacial score (nSPS) is 19.2. The van der Waals surface area contributed by atoms with Crippen LogP contribution in [0.25, 0.3) is 0 Å². The molecule has 38 heavy (non-hydrogen) atoms. The van der Waals surface area contributed by atoms with Crippen molar-refractivity contribution in [3.05, 3.63) is 54.1 Å². The van der Waals surface area contributed by atoms with E-state index in [2.05, 4.69) is 10.1 Å². The van der Waals surface area contributed by atoms with Crippen LogP contribution >= 0.6 is 24.0 Å². The Kier molecular flexibility index (Phi) is 12.1. The van der Waals surface area contributed by atoms with Crippen LogP contribution in [-0.2, 0) is 21.2 Å². The summed E-state index contributed by atoms with van der Waals surface area (Å²) >= 11 is 6.17. The van der Waals surface area contributed by atoms with E-state index in [1.807, 2.05) is 44.2 Å². The Bertz CT molecular complexity index is 1180. The van der Waals surface area contributed by atoms with E-state index in [1.165, 1.54) is 17.1 Å². The summed E-state index contributed by atoms with van der Waals surface area (Å²) in [5.41, 5.74) is -0.111. The third kappa shape index (κ3) is 9.25. The lowest BCUT2D eigenvalue weighted by Gasteiger charge is -2.34. The van der Waals surface area contributed by atoms with Crippen molar-refractivity contribution in [3.8, 4) is 17.6 Å². The first-order valence-corrected chi connectivity index (χ1v) is 13.7. The molecule has 13 heteroatoms. The molecule has 3 N–H and O–H groups in total. The van der Waals surface area contributed by atoms with E-state index in [1.54, 1.807) is 19.2 Å². The number of β-amino-alcohol motifs (C(OH)–C–C–N with tert-alkyl or cyclic N) is 1. The number of aliphatic hydroxyl groups is 1. The average molecular weight is 590 g/mol. The fraction of sp³-hybridized carbons (Fsp3) is 0.480. The van der Waals surface area contributed by atoms with Gasteiger partial charge in [0.25, 0.3) is 10.0 Å². The second-order valence-electron chi connectivity index (χ2n) is 9.31. The summed E-state index contributed by atoms with van der Waals surface area (Å²) in [6.07, 6.45) is -1.02. The minimum atomic E-state index is -3.99. The zero-order valence-corrected chi connectivity index (χ0v) is 23.9. The first-order chi connectivity index (χ1) is 17.5. The highest BCUT2D eigenvalue weighted by atomic mass is 35.5. The largest absolute Gasteiger partial charge is 0.497 e. The molecule has 1 heterocycles. The van der Waals surface area contributed by atoms with E-state index in [-0.39, 0.29) is 49.1 Å². The minimum Gasteiger partial charge on any atom is -0.497 e. The Morgan fingerprint density at radius 3 is 2.63 bits per heavy atom. The van der Waals surface area contributed by atoms with Crippen LogP contribution in [0.5, 0.6) is 11.5 Å². The van der Waals surface area contributed by atoms with Crippen molar-refractivity contribution in [2.24, 2.45) is 0 Å². The maximum absolute atomic E-state index is 12.9. The predicted molar refractivity (Wildman–Crippen MR) is 146 cm³/mol. The average Bonchev–Trinajstić information content (AvgIpc) is 2.88. The van der Waals surface area contributed by atoms with Crippen LogP contribution in [-0.4, -0.2) is 75.2 Å². The second-order valence-corrected chi connectivity index (χ2v) is 11.4. The number of sulfonamides is 1. The van der Waals surface area contributed by atoms with Crippen molar-refractivity contribution < 1.29 is 27.7 Å². The molecule has 1 saturated heterocycles. The number of benzene rings is 2. The molecule has 0 bridgehead atoms. The third-order valence-electron chi connectivity index (χ3n) is 5.72. The molecule has 0 amide bonds. The Morgan fingerprint density at radius 1 is 1.26 bits per heavy atom. The molecule has 3 atom stereocenters. The zero-order chi connectivity index (χ0) is 27.1. The Morgan fingerprint density at radius 2 is 1.97 bits per heavy atom. The lowest BCUT2D eigenvalue weighted by atomic mass is 9.94. The number of nitrogens with one attached hydrogen (secondary N) is 2. The molecule has 0 aliphatic carbocycles. The molecule has 0 radical (unpaired) electrons. The van der Waals surface area contributed by atoms with Gasteiger partial charge in [-0.05, 0) is 50.1 Å². The van der Waals surface area contributed by atoms with Gasteiger partial charge in [-0.2, -0.15) is 5.26 Å². The summed E-state index contributed by atoms with van der Waals surface area (Å²) < 4.78 is 41.8. The Labute approximate surface area is 235 Å². The molecule has 2 unspecified atom stereocenters. The lowest BCUT2D eigenvalue weighted by molar-refractivity contribution is -0.0247. The van der Waals surface area contributed by atoms with Crippen LogP contribution in [0, 0.1) is 11.3 Å². The molecule has 3 rings (SSSR count). The van der Waals surface area contributed by atoms with Crippen LogP contribution in [0.4, 0.5) is 0 Å². The highest BCUT2D eigenvalue weighted by molar-refractivity contribution is 7.89. The number of nitriles is 1. The van der Waals surface area contributed by atoms with Crippen LogP contribution in [0.2, 0.25) is 0 Å². The Balaban J connectivity index is 0.00000507. The van der Waals surface area contributed by atoms with Gasteiger partial charge in [-0.25, -0.2) is 13.4 Å². The summed E-state index contributed by atoms with van der Waals surface area (Å²) in [6, 6.07) is 15.7. The topological polar surface area (TPSA) is 133 Å². The molecule has 2 aromatic carbocycles. The van der Waals surface area contributed by atoms with Crippen molar-refractivity contribution in [1.82, 2.24) is 15.2 Å². The molecule has 1 fully saturated rings. The molecule has 1 aliphatic heterocycles. The Hall–Kier alpha value is -2.14. The quantitative estimate of drug-likeness (QED) is 0.252. The summed E-state index contributed by atoms with van der Waals surface area (Å²) in [6.45, 7) is 4.71. The van der Waals surface area contributed by atoms with Crippen LogP contribution in [0.1, 0.15) is 19.4 Å². The van der Waals surface area contributed by atoms with Gasteiger partial charge in [0.2, 0.25) is 0 Å². The molecule has 10 nitrogen and oxygen atoms in total. The van der Waals surface area contributed by atoms with E-state index in [9.17, 15) is 13.5 Å². The molecule has 1 aliphatic rings. The van der Waals surface area contributed by atoms with Crippen LogP contribution in [0.15, 0.2) is 53.4 Å². The van der Waals surface area contributed by atoms with Crippen molar-refractivity contribution >= 4 is 34.0 Å².